The summed E-state index contributed by atoms with van der Waals surface area (Å²) < 4.78 is 27.3. The molecule has 0 aromatic heterocycles. The van der Waals surface area contributed by atoms with E-state index in [1.807, 2.05) is 13.8 Å². The number of rotatable bonds is 5. The van der Waals surface area contributed by atoms with Gasteiger partial charge in [0, 0.05) is 10.6 Å². The van der Waals surface area contributed by atoms with Gasteiger partial charge >= 0.3 is 0 Å². The smallest absolute Gasteiger partial charge is 0.212 e. The number of hydrogen-bond donors (Lipinski definition) is 1. The molecule has 1 N–H and O–H groups in total. The lowest BCUT2D eigenvalue weighted by Crippen LogP contribution is -2.46. The highest BCUT2D eigenvalue weighted by molar-refractivity contribution is 7.88. The monoisotopic (exact) mass is 317 g/mol. The van der Waals surface area contributed by atoms with Crippen molar-refractivity contribution in [3.8, 4) is 0 Å². The van der Waals surface area contributed by atoms with Crippen LogP contribution in [0.3, 0.4) is 0 Å². The summed E-state index contributed by atoms with van der Waals surface area (Å²) >= 11 is 6.02. The molecule has 1 aromatic rings. The summed E-state index contributed by atoms with van der Waals surface area (Å²) in [6, 6.07) is 7.01. The molecule has 0 fully saturated rings. The van der Waals surface area contributed by atoms with E-state index < -0.39 is 15.6 Å². The fraction of sp³-hybridized carbons (Fsp3) is 0.600. The summed E-state index contributed by atoms with van der Waals surface area (Å²) in [4.78, 5) is 0. The zero-order valence-electron chi connectivity index (χ0n) is 12.8. The standard InChI is InChI=1S/C15H24ClNO2S/c1-14(2,3)11-15(4,5)17-20(18,19)10-12-8-6-7-9-13(12)16/h6-9,17H,10-11H2,1-5H3. The summed E-state index contributed by atoms with van der Waals surface area (Å²) in [5.41, 5.74) is 0.183. The molecule has 0 aliphatic carbocycles. The van der Waals surface area contributed by atoms with Crippen LogP contribution in [0.15, 0.2) is 24.3 Å². The first-order chi connectivity index (χ1) is 8.90. The summed E-state index contributed by atoms with van der Waals surface area (Å²) in [6.45, 7) is 10.1. The van der Waals surface area contributed by atoms with Crippen LogP contribution in [0, 0.1) is 5.41 Å². The Morgan fingerprint density at radius 1 is 1.10 bits per heavy atom. The Bertz CT molecular complexity index is 559. The molecule has 114 valence electrons. The van der Waals surface area contributed by atoms with E-state index in [4.69, 9.17) is 11.6 Å². The van der Waals surface area contributed by atoms with E-state index in [0.29, 0.717) is 10.6 Å². The summed E-state index contributed by atoms with van der Waals surface area (Å²) in [7, 11) is -3.42. The summed E-state index contributed by atoms with van der Waals surface area (Å²) in [5, 5.41) is 0.478. The maximum Gasteiger partial charge on any atom is 0.216 e. The molecule has 1 aromatic carbocycles. The molecule has 0 saturated carbocycles. The van der Waals surface area contributed by atoms with Crippen molar-refractivity contribution >= 4 is 21.6 Å². The van der Waals surface area contributed by atoms with E-state index in [2.05, 4.69) is 25.5 Å². The van der Waals surface area contributed by atoms with Crippen molar-refractivity contribution in [1.29, 1.82) is 0 Å². The average molecular weight is 318 g/mol. The van der Waals surface area contributed by atoms with Crippen LogP contribution in [0.2, 0.25) is 5.02 Å². The van der Waals surface area contributed by atoms with Crippen LogP contribution in [0.4, 0.5) is 0 Å². The van der Waals surface area contributed by atoms with Gasteiger partial charge in [0.05, 0.1) is 5.75 Å². The molecule has 0 saturated heterocycles. The summed E-state index contributed by atoms with van der Waals surface area (Å²) in [5.74, 6) is -0.0970. The molecule has 1 rings (SSSR count). The molecule has 3 nitrogen and oxygen atoms in total. The maximum absolute atomic E-state index is 12.3. The van der Waals surface area contributed by atoms with Gasteiger partial charge < -0.3 is 0 Å². The van der Waals surface area contributed by atoms with Gasteiger partial charge in [-0.15, -0.1) is 0 Å². The fourth-order valence-corrected chi connectivity index (χ4v) is 4.57. The van der Waals surface area contributed by atoms with E-state index in [9.17, 15) is 8.42 Å². The van der Waals surface area contributed by atoms with E-state index in [0.717, 1.165) is 6.42 Å². The van der Waals surface area contributed by atoms with Crippen molar-refractivity contribution in [3.63, 3.8) is 0 Å². The molecular formula is C15H24ClNO2S. The molecule has 0 aliphatic heterocycles. The number of sulfonamides is 1. The van der Waals surface area contributed by atoms with Gasteiger partial charge in [0.25, 0.3) is 0 Å². The van der Waals surface area contributed by atoms with E-state index in [-0.39, 0.29) is 11.2 Å². The van der Waals surface area contributed by atoms with E-state index in [1.165, 1.54) is 0 Å². The third-order valence-electron chi connectivity index (χ3n) is 2.71. The van der Waals surface area contributed by atoms with Crippen molar-refractivity contribution in [1.82, 2.24) is 4.72 Å². The van der Waals surface area contributed by atoms with Gasteiger partial charge in [0.15, 0.2) is 0 Å². The second-order valence-electron chi connectivity index (χ2n) is 7.07. The third kappa shape index (κ3) is 6.25. The van der Waals surface area contributed by atoms with Gasteiger partial charge in [-0.3, -0.25) is 0 Å². The second-order valence-corrected chi connectivity index (χ2v) is 9.20. The molecule has 0 atom stereocenters. The minimum absolute atomic E-state index is 0.0520. The number of halogens is 1. The van der Waals surface area contributed by atoms with Crippen LogP contribution in [0.5, 0.6) is 0 Å². The van der Waals surface area contributed by atoms with E-state index in [1.54, 1.807) is 24.3 Å². The lowest BCUT2D eigenvalue weighted by Gasteiger charge is -2.33. The molecule has 0 amide bonds. The fourth-order valence-electron chi connectivity index (χ4n) is 2.64. The Hall–Kier alpha value is -0.580. The number of benzene rings is 1. The number of hydrogen-bond acceptors (Lipinski definition) is 2. The minimum atomic E-state index is -3.42. The Morgan fingerprint density at radius 2 is 1.65 bits per heavy atom. The molecule has 0 heterocycles. The van der Waals surface area contributed by atoms with Crippen LogP contribution < -0.4 is 4.72 Å². The van der Waals surface area contributed by atoms with Gasteiger partial charge in [-0.2, -0.15) is 0 Å². The summed E-state index contributed by atoms with van der Waals surface area (Å²) in [6.07, 6.45) is 0.752. The Labute approximate surface area is 127 Å². The normalized spacial score (nSPS) is 13.5. The highest BCUT2D eigenvalue weighted by Crippen LogP contribution is 2.28. The highest BCUT2D eigenvalue weighted by atomic mass is 35.5. The van der Waals surface area contributed by atoms with Crippen molar-refractivity contribution in [2.45, 2.75) is 52.3 Å². The predicted molar refractivity (Wildman–Crippen MR) is 85.4 cm³/mol. The van der Waals surface area contributed by atoms with Crippen LogP contribution in [0.1, 0.15) is 46.6 Å². The van der Waals surface area contributed by atoms with Gasteiger partial charge in [-0.1, -0.05) is 50.6 Å². The second kappa shape index (κ2) is 6.04. The van der Waals surface area contributed by atoms with Crippen LogP contribution in [0.25, 0.3) is 0 Å². The zero-order valence-corrected chi connectivity index (χ0v) is 14.4. The SMILES string of the molecule is CC(C)(C)CC(C)(C)NS(=O)(=O)Cc1ccccc1Cl. The van der Waals surface area contributed by atoms with Crippen molar-refractivity contribution in [2.24, 2.45) is 5.41 Å². The molecule has 20 heavy (non-hydrogen) atoms. The molecule has 0 bridgehead atoms. The Balaban J connectivity index is 2.83. The molecule has 0 aliphatic rings. The van der Waals surface area contributed by atoms with Gasteiger partial charge in [-0.05, 0) is 37.3 Å². The minimum Gasteiger partial charge on any atom is -0.212 e. The van der Waals surface area contributed by atoms with Crippen LogP contribution in [-0.2, 0) is 15.8 Å². The molecular weight excluding hydrogens is 294 g/mol. The van der Waals surface area contributed by atoms with Crippen molar-refractivity contribution in [2.75, 3.05) is 0 Å². The van der Waals surface area contributed by atoms with Crippen molar-refractivity contribution in [3.05, 3.63) is 34.9 Å². The van der Waals surface area contributed by atoms with Crippen LogP contribution in [-0.4, -0.2) is 14.0 Å². The molecule has 0 unspecified atom stereocenters. The topological polar surface area (TPSA) is 46.2 Å². The third-order valence-corrected chi connectivity index (χ3v) is 4.63. The van der Waals surface area contributed by atoms with E-state index >= 15 is 0 Å². The van der Waals surface area contributed by atoms with Crippen LogP contribution >= 0.6 is 11.6 Å². The zero-order chi connectivity index (χ0) is 15.6. The Kier molecular flexibility index (Phi) is 5.28. The predicted octanol–water partition coefficient (Wildman–Crippen LogP) is 3.97. The average Bonchev–Trinajstić information content (AvgIpc) is 2.15. The Morgan fingerprint density at radius 3 is 2.15 bits per heavy atom. The first-order valence-electron chi connectivity index (χ1n) is 6.65. The van der Waals surface area contributed by atoms with Crippen molar-refractivity contribution < 1.29 is 8.42 Å². The first-order valence-corrected chi connectivity index (χ1v) is 8.68. The quantitative estimate of drug-likeness (QED) is 0.893. The largest absolute Gasteiger partial charge is 0.216 e. The number of nitrogens with one attached hydrogen (secondary N) is 1. The van der Waals surface area contributed by atoms with Gasteiger partial charge in [0.2, 0.25) is 10.0 Å². The lowest BCUT2D eigenvalue weighted by atomic mass is 9.82. The van der Waals surface area contributed by atoms with Gasteiger partial charge in [-0.25, -0.2) is 13.1 Å². The van der Waals surface area contributed by atoms with Gasteiger partial charge in [0.1, 0.15) is 0 Å². The molecule has 0 radical (unpaired) electrons. The maximum atomic E-state index is 12.3. The first kappa shape index (κ1) is 17.5. The molecule has 0 spiro atoms. The molecule has 5 heteroatoms. The highest BCUT2D eigenvalue weighted by Gasteiger charge is 2.30. The lowest BCUT2D eigenvalue weighted by molar-refractivity contribution is 0.269.